The quantitative estimate of drug-likeness (QED) is 0.155. The van der Waals surface area contributed by atoms with E-state index in [-0.39, 0.29) is 10.8 Å². The van der Waals surface area contributed by atoms with Gasteiger partial charge in [0.1, 0.15) is 0 Å². The first-order valence-corrected chi connectivity index (χ1v) is 23.9. The minimum atomic E-state index is -0.112. The molecule has 11 aromatic rings. The van der Waals surface area contributed by atoms with Crippen LogP contribution in [0.3, 0.4) is 0 Å². The zero-order valence-corrected chi connectivity index (χ0v) is 38.8. The Hall–Kier alpha value is -8.20. The van der Waals surface area contributed by atoms with Gasteiger partial charge in [0.15, 0.2) is 0 Å². The predicted octanol–water partition coefficient (Wildman–Crippen LogP) is 17.9. The lowest BCUT2D eigenvalue weighted by Gasteiger charge is -2.30. The number of rotatable bonds is 7. The summed E-state index contributed by atoms with van der Waals surface area (Å²) in [7, 11) is 0. The normalized spacial score (nSPS) is 13.8. The van der Waals surface area contributed by atoms with Crippen molar-refractivity contribution >= 4 is 38.9 Å². The van der Waals surface area contributed by atoms with Gasteiger partial charge >= 0.3 is 0 Å². The van der Waals surface area contributed by atoms with E-state index >= 15 is 0 Å². The highest BCUT2D eigenvalue weighted by molar-refractivity contribution is 6.10. The second-order valence-electron chi connectivity index (χ2n) is 19.7. The molecule has 0 bridgehead atoms. The molecular formula is C66H50N2. The maximum atomic E-state index is 2.50. The van der Waals surface area contributed by atoms with Gasteiger partial charge in [-0.05, 0) is 127 Å². The Bertz CT molecular complexity index is 3790. The highest BCUT2D eigenvalue weighted by Gasteiger charge is 2.38. The van der Waals surface area contributed by atoms with Crippen molar-refractivity contribution in [2.45, 2.75) is 38.5 Å². The zero-order valence-electron chi connectivity index (χ0n) is 38.8. The predicted molar refractivity (Wildman–Crippen MR) is 287 cm³/mol. The summed E-state index contributed by atoms with van der Waals surface area (Å²) in [5.41, 5.74) is 24.7. The van der Waals surface area contributed by atoms with E-state index in [4.69, 9.17) is 0 Å². The van der Waals surface area contributed by atoms with Crippen molar-refractivity contribution in [2.75, 3.05) is 4.90 Å². The number of nitrogens with zero attached hydrogens (tertiary/aromatic N) is 2. The van der Waals surface area contributed by atoms with E-state index in [0.29, 0.717) is 0 Å². The minimum absolute atomic E-state index is 0.0662. The van der Waals surface area contributed by atoms with E-state index in [2.05, 4.69) is 268 Å². The number of hydrogen-bond acceptors (Lipinski definition) is 1. The third-order valence-corrected chi connectivity index (χ3v) is 15.2. The van der Waals surface area contributed by atoms with Gasteiger partial charge in [-0.2, -0.15) is 0 Å². The molecule has 2 heteroatoms. The van der Waals surface area contributed by atoms with E-state index < -0.39 is 0 Å². The second-order valence-corrected chi connectivity index (χ2v) is 19.7. The summed E-state index contributed by atoms with van der Waals surface area (Å²) < 4.78 is 2.38. The lowest BCUT2D eigenvalue weighted by molar-refractivity contribution is 0.660. The van der Waals surface area contributed by atoms with E-state index in [1.165, 1.54) is 105 Å². The van der Waals surface area contributed by atoms with Crippen molar-refractivity contribution in [3.63, 3.8) is 0 Å². The number of aromatic nitrogens is 1. The van der Waals surface area contributed by atoms with Gasteiger partial charge in [-0.15, -0.1) is 0 Å². The molecule has 68 heavy (non-hydrogen) atoms. The number of hydrogen-bond donors (Lipinski definition) is 0. The Kier molecular flexibility index (Phi) is 8.95. The molecule has 2 aliphatic rings. The van der Waals surface area contributed by atoms with Gasteiger partial charge in [-0.1, -0.05) is 198 Å². The van der Waals surface area contributed by atoms with Crippen LogP contribution in [-0.4, -0.2) is 4.57 Å². The fraction of sp³-hybridized carbons (Fsp3) is 0.0909. The molecule has 0 amide bonds. The summed E-state index contributed by atoms with van der Waals surface area (Å²) in [5, 5.41) is 2.50. The van der Waals surface area contributed by atoms with E-state index in [9.17, 15) is 0 Å². The third-order valence-electron chi connectivity index (χ3n) is 15.2. The Balaban J connectivity index is 0.993. The highest BCUT2D eigenvalue weighted by atomic mass is 15.1. The summed E-state index contributed by atoms with van der Waals surface area (Å²) in [6.07, 6.45) is 0. The molecule has 1 heterocycles. The Morgan fingerprint density at radius 1 is 0.324 bits per heavy atom. The summed E-state index contributed by atoms with van der Waals surface area (Å²) >= 11 is 0. The molecule has 2 nitrogen and oxygen atoms in total. The number of fused-ring (bicyclic) bond motifs is 9. The minimum Gasteiger partial charge on any atom is -0.309 e. The van der Waals surface area contributed by atoms with Crippen LogP contribution in [0.2, 0.25) is 0 Å². The smallest absolute Gasteiger partial charge is 0.0541 e. The van der Waals surface area contributed by atoms with Crippen LogP contribution in [0.4, 0.5) is 17.1 Å². The van der Waals surface area contributed by atoms with Crippen LogP contribution >= 0.6 is 0 Å². The van der Waals surface area contributed by atoms with Crippen LogP contribution in [0, 0.1) is 0 Å². The topological polar surface area (TPSA) is 8.17 Å². The number of benzene rings is 10. The monoisotopic (exact) mass is 870 g/mol. The van der Waals surface area contributed by atoms with Crippen LogP contribution in [0.1, 0.15) is 49.9 Å². The molecule has 1 aromatic heterocycles. The van der Waals surface area contributed by atoms with Crippen LogP contribution in [0.25, 0.3) is 83.1 Å². The van der Waals surface area contributed by atoms with Crippen LogP contribution in [0.15, 0.2) is 231 Å². The van der Waals surface area contributed by atoms with Crippen LogP contribution in [-0.2, 0) is 10.8 Å². The van der Waals surface area contributed by atoms with Gasteiger partial charge in [0.05, 0.1) is 22.4 Å². The molecule has 2 aliphatic carbocycles. The molecule has 0 radical (unpaired) electrons. The lowest BCUT2D eigenvalue weighted by Crippen LogP contribution is -2.15. The van der Waals surface area contributed by atoms with Gasteiger partial charge in [-0.25, -0.2) is 0 Å². The van der Waals surface area contributed by atoms with E-state index in [1.807, 2.05) is 0 Å². The fourth-order valence-corrected chi connectivity index (χ4v) is 11.9. The van der Waals surface area contributed by atoms with E-state index in [1.54, 1.807) is 0 Å². The second kappa shape index (κ2) is 15.2. The number of para-hydroxylation sites is 4. The standard InChI is InChI=1S/C66H50N2/c1-65(2)56-27-13-8-22-49(56)54-42-45(35-39-58(54)65)48-21-10-15-30-60(48)68(61-31-16-11-23-50(61)52-26-18-29-59-64(52)53-25-9-14-28-57(53)66(59,3)4)47-37-33-43(34-38-47)44-36-40-63-55(41-44)51-24-12-17-32-62(51)67(63)46-19-6-5-7-20-46/h5-42H,1-4H3. The molecule has 13 rings (SSSR count). The average molecular weight is 871 g/mol. The summed E-state index contributed by atoms with van der Waals surface area (Å²) in [6, 6.07) is 85.6. The highest BCUT2D eigenvalue weighted by Crippen LogP contribution is 2.55. The van der Waals surface area contributed by atoms with Crippen molar-refractivity contribution in [3.05, 3.63) is 253 Å². The molecule has 0 fully saturated rings. The average Bonchev–Trinajstić information content (AvgIpc) is 3.93. The molecule has 0 saturated heterocycles. The van der Waals surface area contributed by atoms with Crippen molar-refractivity contribution in [1.29, 1.82) is 0 Å². The van der Waals surface area contributed by atoms with Gasteiger partial charge in [0.2, 0.25) is 0 Å². The van der Waals surface area contributed by atoms with Crippen molar-refractivity contribution < 1.29 is 0 Å². The SMILES string of the molecule is CC1(C)c2ccccc2-c2cc(-c3ccccc3N(c3ccc(-c4ccc5c(c4)c4ccccc4n5-c4ccccc4)cc3)c3ccccc3-c3cccc4c3-c3ccccc3C4(C)C)ccc21. The van der Waals surface area contributed by atoms with Gasteiger partial charge in [-0.3, -0.25) is 0 Å². The van der Waals surface area contributed by atoms with Crippen molar-refractivity contribution in [2.24, 2.45) is 0 Å². The first-order valence-electron chi connectivity index (χ1n) is 23.9. The molecule has 0 unspecified atom stereocenters. The van der Waals surface area contributed by atoms with E-state index in [0.717, 1.165) is 17.1 Å². The Labute approximate surface area is 399 Å². The third kappa shape index (κ3) is 5.97. The maximum Gasteiger partial charge on any atom is 0.0541 e. The molecule has 10 aromatic carbocycles. The van der Waals surface area contributed by atoms with Gasteiger partial charge in [0, 0.05) is 44.1 Å². The number of anilines is 3. The Morgan fingerprint density at radius 3 is 1.63 bits per heavy atom. The summed E-state index contributed by atoms with van der Waals surface area (Å²) in [6.45, 7) is 9.45. The largest absolute Gasteiger partial charge is 0.309 e. The molecule has 0 spiro atoms. The first-order chi connectivity index (χ1) is 33.3. The van der Waals surface area contributed by atoms with Crippen molar-refractivity contribution in [1.82, 2.24) is 4.57 Å². The Morgan fingerprint density at radius 2 is 0.853 bits per heavy atom. The molecule has 0 saturated carbocycles. The lowest BCUT2D eigenvalue weighted by atomic mass is 9.82. The fourth-order valence-electron chi connectivity index (χ4n) is 11.9. The molecule has 0 atom stereocenters. The zero-order chi connectivity index (χ0) is 45.7. The molecule has 0 aliphatic heterocycles. The summed E-state index contributed by atoms with van der Waals surface area (Å²) in [4.78, 5) is 2.50. The van der Waals surface area contributed by atoms with Gasteiger partial charge in [0.25, 0.3) is 0 Å². The van der Waals surface area contributed by atoms with Crippen LogP contribution < -0.4 is 4.90 Å². The first kappa shape index (κ1) is 40.1. The maximum absolute atomic E-state index is 2.50. The van der Waals surface area contributed by atoms with Crippen molar-refractivity contribution in [3.8, 4) is 61.3 Å². The molecule has 324 valence electrons. The van der Waals surface area contributed by atoms with Gasteiger partial charge < -0.3 is 9.47 Å². The summed E-state index contributed by atoms with van der Waals surface area (Å²) in [5.74, 6) is 0. The van der Waals surface area contributed by atoms with Crippen LogP contribution in [0.5, 0.6) is 0 Å². The molecular weight excluding hydrogens is 821 g/mol. The molecule has 0 N–H and O–H groups in total.